The Morgan fingerprint density at radius 1 is 1.47 bits per heavy atom. The van der Waals surface area contributed by atoms with Crippen LogP contribution in [0, 0.1) is 5.92 Å². The van der Waals surface area contributed by atoms with E-state index in [-0.39, 0.29) is 0 Å². The van der Waals surface area contributed by atoms with Gasteiger partial charge in [0, 0.05) is 26.2 Å². The zero-order chi connectivity index (χ0) is 13.5. The molecule has 0 aromatic carbocycles. The first-order chi connectivity index (χ1) is 9.29. The van der Waals surface area contributed by atoms with Crippen LogP contribution >= 0.6 is 0 Å². The summed E-state index contributed by atoms with van der Waals surface area (Å²) in [7, 11) is 2.11. The van der Waals surface area contributed by atoms with Gasteiger partial charge in [0.2, 0.25) is 0 Å². The average Bonchev–Trinajstić information content (AvgIpc) is 2.92. The molecule has 19 heavy (non-hydrogen) atoms. The van der Waals surface area contributed by atoms with Crippen molar-refractivity contribution in [2.75, 3.05) is 43.4 Å². The van der Waals surface area contributed by atoms with Gasteiger partial charge in [0.05, 0.1) is 0 Å². The molecule has 0 bridgehead atoms. The predicted molar refractivity (Wildman–Crippen MR) is 79.7 cm³/mol. The number of aromatic nitrogens is 2. The van der Waals surface area contributed by atoms with Crippen LogP contribution in [-0.2, 0) is 0 Å². The van der Waals surface area contributed by atoms with Gasteiger partial charge in [-0.3, -0.25) is 0 Å². The van der Waals surface area contributed by atoms with Gasteiger partial charge in [0.25, 0.3) is 0 Å². The Morgan fingerprint density at radius 3 is 3.11 bits per heavy atom. The Labute approximate surface area is 115 Å². The third-order valence-corrected chi connectivity index (χ3v) is 3.57. The first-order valence-corrected chi connectivity index (χ1v) is 7.27. The maximum atomic E-state index is 4.36. The minimum absolute atomic E-state index is 0.733. The minimum atomic E-state index is 0.733. The molecule has 5 heteroatoms. The number of rotatable bonds is 7. The van der Waals surface area contributed by atoms with Crippen LogP contribution in [0.15, 0.2) is 12.4 Å². The lowest BCUT2D eigenvalue weighted by Crippen LogP contribution is -2.27. The topological polar surface area (TPSA) is 53.1 Å². The van der Waals surface area contributed by atoms with E-state index in [0.29, 0.717) is 0 Å². The van der Waals surface area contributed by atoms with Gasteiger partial charge in [-0.05, 0) is 31.8 Å². The summed E-state index contributed by atoms with van der Waals surface area (Å²) >= 11 is 0. The zero-order valence-electron chi connectivity index (χ0n) is 12.0. The molecule has 2 N–H and O–H groups in total. The molecule has 1 aliphatic rings. The SMILES string of the molecule is CCCCNc1cc(N(C)CC2CCNC2)ncn1. The summed E-state index contributed by atoms with van der Waals surface area (Å²) in [6, 6.07) is 2.04. The lowest BCUT2D eigenvalue weighted by atomic mass is 10.1. The standard InChI is InChI=1S/C14H25N5/c1-3-4-6-16-13-8-14(18-11-17-13)19(2)10-12-5-7-15-9-12/h8,11-12,15H,3-7,9-10H2,1-2H3,(H,16,17,18). The fourth-order valence-electron chi connectivity index (χ4n) is 2.40. The Balaban J connectivity index is 1.89. The van der Waals surface area contributed by atoms with E-state index in [1.807, 2.05) is 6.07 Å². The molecule has 2 heterocycles. The van der Waals surface area contributed by atoms with Crippen LogP contribution in [-0.4, -0.2) is 43.2 Å². The second kappa shape index (κ2) is 7.28. The van der Waals surface area contributed by atoms with E-state index in [0.717, 1.165) is 43.7 Å². The molecule has 1 aromatic heterocycles. The molecule has 1 aliphatic heterocycles. The number of anilines is 2. The summed E-state index contributed by atoms with van der Waals surface area (Å²) in [6.07, 6.45) is 5.27. The number of nitrogens with one attached hydrogen (secondary N) is 2. The molecular formula is C14H25N5. The molecule has 1 atom stereocenters. The maximum absolute atomic E-state index is 4.36. The molecule has 0 amide bonds. The Hall–Kier alpha value is -1.36. The number of nitrogens with zero attached hydrogens (tertiary/aromatic N) is 3. The highest BCUT2D eigenvalue weighted by Crippen LogP contribution is 2.16. The van der Waals surface area contributed by atoms with Crippen molar-refractivity contribution < 1.29 is 0 Å². The quantitative estimate of drug-likeness (QED) is 0.734. The van der Waals surface area contributed by atoms with E-state index in [9.17, 15) is 0 Å². The van der Waals surface area contributed by atoms with Gasteiger partial charge in [-0.2, -0.15) is 0 Å². The summed E-state index contributed by atoms with van der Waals surface area (Å²) < 4.78 is 0. The van der Waals surface area contributed by atoms with Crippen molar-refractivity contribution in [1.82, 2.24) is 15.3 Å². The van der Waals surface area contributed by atoms with Crippen LogP contribution in [0.2, 0.25) is 0 Å². The van der Waals surface area contributed by atoms with Gasteiger partial charge >= 0.3 is 0 Å². The van der Waals surface area contributed by atoms with Crippen molar-refractivity contribution >= 4 is 11.6 Å². The maximum Gasteiger partial charge on any atom is 0.133 e. The second-order valence-electron chi connectivity index (χ2n) is 5.28. The summed E-state index contributed by atoms with van der Waals surface area (Å²) in [6.45, 7) is 6.49. The summed E-state index contributed by atoms with van der Waals surface area (Å²) in [4.78, 5) is 10.9. The lowest BCUT2D eigenvalue weighted by molar-refractivity contribution is 0.575. The molecule has 106 valence electrons. The molecule has 1 fully saturated rings. The Morgan fingerprint density at radius 2 is 2.37 bits per heavy atom. The normalized spacial score (nSPS) is 18.5. The van der Waals surface area contributed by atoms with Crippen molar-refractivity contribution in [1.29, 1.82) is 0 Å². The highest BCUT2D eigenvalue weighted by atomic mass is 15.2. The number of hydrogen-bond donors (Lipinski definition) is 2. The highest BCUT2D eigenvalue weighted by Gasteiger charge is 2.17. The smallest absolute Gasteiger partial charge is 0.133 e. The monoisotopic (exact) mass is 263 g/mol. The molecule has 5 nitrogen and oxygen atoms in total. The number of hydrogen-bond acceptors (Lipinski definition) is 5. The molecule has 2 rings (SSSR count). The van der Waals surface area contributed by atoms with E-state index in [4.69, 9.17) is 0 Å². The van der Waals surface area contributed by atoms with Gasteiger partial charge < -0.3 is 15.5 Å². The first-order valence-electron chi connectivity index (χ1n) is 7.27. The van der Waals surface area contributed by atoms with Crippen molar-refractivity contribution in [2.24, 2.45) is 5.92 Å². The predicted octanol–water partition coefficient (Wildman–Crippen LogP) is 1.73. The van der Waals surface area contributed by atoms with Gasteiger partial charge in [-0.25, -0.2) is 9.97 Å². The van der Waals surface area contributed by atoms with Crippen molar-refractivity contribution in [2.45, 2.75) is 26.2 Å². The van der Waals surface area contributed by atoms with Crippen LogP contribution in [0.1, 0.15) is 26.2 Å². The molecule has 0 saturated carbocycles. The third kappa shape index (κ3) is 4.35. The zero-order valence-corrected chi connectivity index (χ0v) is 12.0. The Bertz CT molecular complexity index is 376. The van der Waals surface area contributed by atoms with E-state index in [2.05, 4.69) is 39.5 Å². The van der Waals surface area contributed by atoms with Crippen LogP contribution < -0.4 is 15.5 Å². The van der Waals surface area contributed by atoms with Crippen molar-refractivity contribution in [3.05, 3.63) is 12.4 Å². The fraction of sp³-hybridized carbons (Fsp3) is 0.714. The van der Waals surface area contributed by atoms with Gasteiger partial charge in [-0.1, -0.05) is 13.3 Å². The molecule has 0 aliphatic carbocycles. The van der Waals surface area contributed by atoms with E-state index >= 15 is 0 Å². The van der Waals surface area contributed by atoms with E-state index in [1.54, 1.807) is 6.33 Å². The third-order valence-electron chi connectivity index (χ3n) is 3.57. The average molecular weight is 263 g/mol. The van der Waals surface area contributed by atoms with Crippen LogP contribution in [0.4, 0.5) is 11.6 Å². The molecule has 1 saturated heterocycles. The largest absolute Gasteiger partial charge is 0.370 e. The first kappa shape index (κ1) is 14.1. The lowest BCUT2D eigenvalue weighted by Gasteiger charge is -2.21. The highest BCUT2D eigenvalue weighted by molar-refractivity contribution is 5.47. The molecule has 0 spiro atoms. The van der Waals surface area contributed by atoms with E-state index in [1.165, 1.54) is 19.3 Å². The summed E-state index contributed by atoms with van der Waals surface area (Å²) in [5.74, 6) is 2.66. The minimum Gasteiger partial charge on any atom is -0.370 e. The second-order valence-corrected chi connectivity index (χ2v) is 5.28. The molecule has 1 aromatic rings. The number of unbranched alkanes of at least 4 members (excludes halogenated alkanes) is 1. The van der Waals surface area contributed by atoms with Crippen LogP contribution in [0.5, 0.6) is 0 Å². The summed E-state index contributed by atoms with van der Waals surface area (Å²) in [5.41, 5.74) is 0. The van der Waals surface area contributed by atoms with Gasteiger partial charge in [-0.15, -0.1) is 0 Å². The molecular weight excluding hydrogens is 238 g/mol. The van der Waals surface area contributed by atoms with Crippen LogP contribution in [0.25, 0.3) is 0 Å². The van der Waals surface area contributed by atoms with Crippen molar-refractivity contribution in [3.8, 4) is 0 Å². The summed E-state index contributed by atoms with van der Waals surface area (Å²) in [5, 5.41) is 6.75. The van der Waals surface area contributed by atoms with Crippen LogP contribution in [0.3, 0.4) is 0 Å². The van der Waals surface area contributed by atoms with Crippen molar-refractivity contribution in [3.63, 3.8) is 0 Å². The molecule has 1 unspecified atom stereocenters. The Kier molecular flexibility index (Phi) is 5.39. The van der Waals surface area contributed by atoms with E-state index < -0.39 is 0 Å². The fourth-order valence-corrected chi connectivity index (χ4v) is 2.40. The van der Waals surface area contributed by atoms with Gasteiger partial charge in [0.15, 0.2) is 0 Å². The molecule has 0 radical (unpaired) electrons. The van der Waals surface area contributed by atoms with Gasteiger partial charge in [0.1, 0.15) is 18.0 Å².